The zero-order valence-corrected chi connectivity index (χ0v) is 15.8. The molecule has 1 aromatic heterocycles. The standard InChI is InChI=1S/C20H29N3O3/c1-22-10-7-17(24)20(12-22)8-4-9-23(13-20)19(25)15-11-14-5-3-6-16(14)21-18(15)26-2/h11,17,24H,3-10,12-13H2,1-2H3/t17-,20-/m0/s1. The molecular formula is C20H29N3O3. The van der Waals surface area contributed by atoms with E-state index in [0.717, 1.165) is 63.9 Å². The third-order valence-corrected chi connectivity index (χ3v) is 6.41. The Balaban J connectivity index is 1.60. The van der Waals surface area contributed by atoms with Crippen LogP contribution in [0.2, 0.25) is 0 Å². The van der Waals surface area contributed by atoms with E-state index in [1.165, 1.54) is 5.56 Å². The summed E-state index contributed by atoms with van der Waals surface area (Å²) in [5.41, 5.74) is 2.61. The largest absolute Gasteiger partial charge is 0.480 e. The van der Waals surface area contributed by atoms with Crippen molar-refractivity contribution in [3.05, 3.63) is 22.9 Å². The van der Waals surface area contributed by atoms with Gasteiger partial charge in [0.05, 0.1) is 13.2 Å². The fourth-order valence-corrected chi connectivity index (χ4v) is 5.04. The molecule has 1 aromatic rings. The number of nitrogens with zero attached hydrogens (tertiary/aromatic N) is 3. The van der Waals surface area contributed by atoms with E-state index in [1.54, 1.807) is 7.11 Å². The van der Waals surface area contributed by atoms with Crippen molar-refractivity contribution >= 4 is 5.91 Å². The van der Waals surface area contributed by atoms with Crippen LogP contribution in [0.25, 0.3) is 0 Å². The Bertz CT molecular complexity index is 708. The lowest BCUT2D eigenvalue weighted by Crippen LogP contribution is -2.59. The molecule has 0 bridgehead atoms. The number of aliphatic hydroxyl groups excluding tert-OH is 1. The number of rotatable bonds is 2. The van der Waals surface area contributed by atoms with Crippen LogP contribution in [0, 0.1) is 5.41 Å². The van der Waals surface area contributed by atoms with Gasteiger partial charge in [0, 0.05) is 37.3 Å². The number of amides is 1. The molecule has 142 valence electrons. The summed E-state index contributed by atoms with van der Waals surface area (Å²) >= 11 is 0. The summed E-state index contributed by atoms with van der Waals surface area (Å²) in [6, 6.07) is 1.99. The lowest BCUT2D eigenvalue weighted by Gasteiger charge is -2.50. The van der Waals surface area contributed by atoms with Gasteiger partial charge < -0.3 is 19.6 Å². The number of carbonyl (C=O) groups is 1. The van der Waals surface area contributed by atoms with Crippen LogP contribution >= 0.6 is 0 Å². The fraction of sp³-hybridized carbons (Fsp3) is 0.700. The van der Waals surface area contributed by atoms with Crippen molar-refractivity contribution in [2.24, 2.45) is 5.41 Å². The highest BCUT2D eigenvalue weighted by Gasteiger charge is 2.46. The summed E-state index contributed by atoms with van der Waals surface area (Å²) in [7, 11) is 3.68. The first-order chi connectivity index (χ1) is 12.5. The Kier molecular flexibility index (Phi) is 4.65. The predicted molar refractivity (Wildman–Crippen MR) is 98.5 cm³/mol. The van der Waals surface area contributed by atoms with E-state index < -0.39 is 0 Å². The van der Waals surface area contributed by atoms with Crippen LogP contribution in [-0.2, 0) is 12.8 Å². The van der Waals surface area contributed by atoms with Gasteiger partial charge in [0.2, 0.25) is 5.88 Å². The fourth-order valence-electron chi connectivity index (χ4n) is 5.04. The van der Waals surface area contributed by atoms with Gasteiger partial charge in [-0.05, 0) is 57.2 Å². The second kappa shape index (κ2) is 6.82. The number of methoxy groups -OCH3 is 1. The molecule has 2 atom stereocenters. The highest BCUT2D eigenvalue weighted by Crippen LogP contribution is 2.39. The van der Waals surface area contributed by atoms with Gasteiger partial charge in [-0.2, -0.15) is 0 Å². The van der Waals surface area contributed by atoms with Gasteiger partial charge in [-0.25, -0.2) is 4.98 Å². The van der Waals surface area contributed by atoms with Crippen molar-refractivity contribution in [2.45, 2.75) is 44.6 Å². The van der Waals surface area contributed by atoms with E-state index in [2.05, 4.69) is 16.9 Å². The van der Waals surface area contributed by atoms with Gasteiger partial charge in [0.15, 0.2) is 0 Å². The number of likely N-dealkylation sites (tertiary alicyclic amines) is 2. The Morgan fingerprint density at radius 1 is 1.31 bits per heavy atom. The second-order valence-electron chi connectivity index (χ2n) is 8.24. The van der Waals surface area contributed by atoms with Crippen LogP contribution in [0.15, 0.2) is 6.07 Å². The number of aryl methyl sites for hydroxylation is 2. The lowest BCUT2D eigenvalue weighted by atomic mass is 9.71. The Morgan fingerprint density at radius 2 is 2.15 bits per heavy atom. The number of carbonyl (C=O) groups excluding carboxylic acids is 1. The Morgan fingerprint density at radius 3 is 2.96 bits per heavy atom. The molecular weight excluding hydrogens is 330 g/mol. The summed E-state index contributed by atoms with van der Waals surface area (Å²) in [4.78, 5) is 22.1. The minimum atomic E-state index is -0.339. The molecule has 6 heteroatoms. The van der Waals surface area contributed by atoms with E-state index in [1.807, 2.05) is 11.0 Å². The minimum Gasteiger partial charge on any atom is -0.480 e. The third kappa shape index (κ3) is 2.99. The van der Waals surface area contributed by atoms with E-state index in [4.69, 9.17) is 4.74 Å². The molecule has 1 spiro atoms. The van der Waals surface area contributed by atoms with Gasteiger partial charge in [0.25, 0.3) is 5.91 Å². The second-order valence-corrected chi connectivity index (χ2v) is 8.24. The average Bonchev–Trinajstić information content (AvgIpc) is 3.11. The number of aliphatic hydroxyl groups is 1. The van der Waals surface area contributed by atoms with E-state index in [0.29, 0.717) is 18.0 Å². The summed E-state index contributed by atoms with van der Waals surface area (Å²) in [5.74, 6) is 0.431. The van der Waals surface area contributed by atoms with Crippen LogP contribution in [0.3, 0.4) is 0 Å². The molecule has 0 radical (unpaired) electrons. The summed E-state index contributed by atoms with van der Waals surface area (Å²) < 4.78 is 5.44. The number of hydrogen-bond acceptors (Lipinski definition) is 5. The van der Waals surface area contributed by atoms with Crippen molar-refractivity contribution in [1.82, 2.24) is 14.8 Å². The molecule has 1 amide bonds. The van der Waals surface area contributed by atoms with E-state index >= 15 is 0 Å². The van der Waals surface area contributed by atoms with E-state index in [9.17, 15) is 9.90 Å². The molecule has 2 fully saturated rings. The monoisotopic (exact) mass is 359 g/mol. The molecule has 4 rings (SSSR count). The maximum Gasteiger partial charge on any atom is 0.259 e. The highest BCUT2D eigenvalue weighted by molar-refractivity contribution is 5.96. The normalized spacial score (nSPS) is 29.0. The molecule has 0 aromatic carbocycles. The van der Waals surface area contributed by atoms with Crippen molar-refractivity contribution < 1.29 is 14.6 Å². The number of pyridine rings is 1. The summed E-state index contributed by atoms with van der Waals surface area (Å²) in [5, 5.41) is 10.7. The molecule has 2 saturated heterocycles. The lowest BCUT2D eigenvalue weighted by molar-refractivity contribution is -0.0731. The van der Waals surface area contributed by atoms with Crippen molar-refractivity contribution in [3.63, 3.8) is 0 Å². The predicted octanol–water partition coefficient (Wildman–Crippen LogP) is 1.50. The zero-order chi connectivity index (χ0) is 18.3. The number of aromatic nitrogens is 1. The molecule has 3 aliphatic rings. The summed E-state index contributed by atoms with van der Waals surface area (Å²) in [6.45, 7) is 3.10. The Hall–Kier alpha value is -1.66. The Labute approximate surface area is 155 Å². The number of fused-ring (bicyclic) bond motifs is 1. The summed E-state index contributed by atoms with van der Waals surface area (Å²) in [6.07, 6.45) is 5.39. The van der Waals surface area contributed by atoms with Crippen LogP contribution in [0.1, 0.15) is 47.3 Å². The molecule has 0 saturated carbocycles. The maximum atomic E-state index is 13.3. The first-order valence-electron chi connectivity index (χ1n) is 9.75. The SMILES string of the molecule is COc1nc2c(cc1C(=O)N1CCC[C@]3(CN(C)CC[C@@H]3O)C1)CCC2. The van der Waals surface area contributed by atoms with Crippen LogP contribution in [0.4, 0.5) is 0 Å². The molecule has 1 aliphatic carbocycles. The molecule has 0 unspecified atom stereocenters. The molecule has 1 N–H and O–H groups in total. The molecule has 26 heavy (non-hydrogen) atoms. The van der Waals surface area contributed by atoms with Gasteiger partial charge >= 0.3 is 0 Å². The highest BCUT2D eigenvalue weighted by atomic mass is 16.5. The first-order valence-corrected chi connectivity index (χ1v) is 9.75. The van der Waals surface area contributed by atoms with Crippen molar-refractivity contribution in [3.8, 4) is 5.88 Å². The maximum absolute atomic E-state index is 13.3. The van der Waals surface area contributed by atoms with Crippen molar-refractivity contribution in [2.75, 3.05) is 40.3 Å². The first kappa shape index (κ1) is 17.7. The average molecular weight is 359 g/mol. The molecule has 2 aliphatic heterocycles. The quantitative estimate of drug-likeness (QED) is 0.867. The third-order valence-electron chi connectivity index (χ3n) is 6.41. The minimum absolute atomic E-state index is 0.0106. The molecule has 3 heterocycles. The number of ether oxygens (including phenoxy) is 1. The number of hydrogen-bond donors (Lipinski definition) is 1. The molecule has 6 nitrogen and oxygen atoms in total. The van der Waals surface area contributed by atoms with E-state index in [-0.39, 0.29) is 17.4 Å². The van der Waals surface area contributed by atoms with Gasteiger partial charge in [-0.15, -0.1) is 0 Å². The topological polar surface area (TPSA) is 65.9 Å². The van der Waals surface area contributed by atoms with Crippen LogP contribution < -0.4 is 4.74 Å². The zero-order valence-electron chi connectivity index (χ0n) is 15.8. The van der Waals surface area contributed by atoms with Crippen LogP contribution in [0.5, 0.6) is 5.88 Å². The number of piperidine rings is 2. The van der Waals surface area contributed by atoms with Crippen LogP contribution in [-0.4, -0.2) is 72.2 Å². The van der Waals surface area contributed by atoms with Gasteiger partial charge in [0.1, 0.15) is 5.56 Å². The van der Waals surface area contributed by atoms with Gasteiger partial charge in [-0.1, -0.05) is 0 Å². The van der Waals surface area contributed by atoms with Crippen molar-refractivity contribution in [1.29, 1.82) is 0 Å². The van der Waals surface area contributed by atoms with Gasteiger partial charge in [-0.3, -0.25) is 4.79 Å². The smallest absolute Gasteiger partial charge is 0.259 e.